The van der Waals surface area contributed by atoms with E-state index in [4.69, 9.17) is 0 Å². The highest BCUT2D eigenvalue weighted by atomic mass is 14.1. The highest BCUT2D eigenvalue weighted by molar-refractivity contribution is 6.14. The highest BCUT2D eigenvalue weighted by Crippen LogP contribution is 2.34. The zero-order chi connectivity index (χ0) is 13.4. The van der Waals surface area contributed by atoms with Crippen LogP contribution in [0.3, 0.4) is 0 Å². The Morgan fingerprint density at radius 3 is 2.00 bits per heavy atom. The minimum absolute atomic E-state index is 1.17. The van der Waals surface area contributed by atoms with Gasteiger partial charge in [-0.2, -0.15) is 0 Å². The van der Waals surface area contributed by atoms with E-state index in [1.807, 2.05) is 12.2 Å². The minimum Gasteiger partial charge on any atom is -0.0984 e. The molecule has 3 rings (SSSR count). The van der Waals surface area contributed by atoms with Crippen molar-refractivity contribution in [2.24, 2.45) is 0 Å². The van der Waals surface area contributed by atoms with Crippen molar-refractivity contribution in [1.82, 2.24) is 0 Å². The molecular weight excluding hydrogens is 228 g/mol. The Balaban J connectivity index is 2.68. The fraction of sp³-hybridized carbons (Fsp3) is 0.0526. The lowest BCUT2D eigenvalue weighted by Gasteiger charge is -2.13. The van der Waals surface area contributed by atoms with Gasteiger partial charge in [0, 0.05) is 0 Å². The van der Waals surface area contributed by atoms with Gasteiger partial charge in [-0.1, -0.05) is 73.3 Å². The van der Waals surface area contributed by atoms with Crippen molar-refractivity contribution in [1.29, 1.82) is 0 Å². The van der Waals surface area contributed by atoms with Crippen LogP contribution in [0.2, 0.25) is 0 Å². The molecule has 0 aliphatic carbocycles. The summed E-state index contributed by atoms with van der Waals surface area (Å²) in [6.45, 7) is 10.1. The number of rotatable bonds is 2. The van der Waals surface area contributed by atoms with Crippen LogP contribution in [0.4, 0.5) is 0 Å². The SMILES string of the molecule is C=Cc1c(C=C)c2cc(C)ccc2c2ccccc12. The second kappa shape index (κ2) is 4.40. The summed E-state index contributed by atoms with van der Waals surface area (Å²) < 4.78 is 0. The van der Waals surface area contributed by atoms with E-state index in [2.05, 4.69) is 62.5 Å². The molecule has 19 heavy (non-hydrogen) atoms. The predicted octanol–water partition coefficient (Wildman–Crippen LogP) is 5.59. The number of hydrogen-bond acceptors (Lipinski definition) is 0. The molecule has 0 fully saturated rings. The first-order valence-electron chi connectivity index (χ1n) is 6.46. The van der Waals surface area contributed by atoms with Gasteiger partial charge in [0.15, 0.2) is 0 Å². The van der Waals surface area contributed by atoms with Gasteiger partial charge in [0.1, 0.15) is 0 Å². The molecule has 0 atom stereocenters. The van der Waals surface area contributed by atoms with E-state index in [1.165, 1.54) is 38.2 Å². The maximum Gasteiger partial charge on any atom is -0.00965 e. The molecule has 0 nitrogen and oxygen atoms in total. The van der Waals surface area contributed by atoms with Crippen molar-refractivity contribution in [3.05, 3.63) is 72.3 Å². The molecule has 0 N–H and O–H groups in total. The molecule has 0 aliphatic rings. The number of hydrogen-bond donors (Lipinski definition) is 0. The lowest BCUT2D eigenvalue weighted by atomic mass is 9.91. The summed E-state index contributed by atoms with van der Waals surface area (Å²) >= 11 is 0. The van der Waals surface area contributed by atoms with Crippen molar-refractivity contribution >= 4 is 33.7 Å². The lowest BCUT2D eigenvalue weighted by Crippen LogP contribution is -1.89. The molecule has 0 saturated heterocycles. The fourth-order valence-electron chi connectivity index (χ4n) is 2.80. The molecule has 0 spiro atoms. The zero-order valence-corrected chi connectivity index (χ0v) is 11.1. The summed E-state index contributed by atoms with van der Waals surface area (Å²) in [6.07, 6.45) is 3.87. The van der Waals surface area contributed by atoms with Gasteiger partial charge < -0.3 is 0 Å². The molecule has 0 heterocycles. The Labute approximate surface area is 113 Å². The average molecular weight is 244 g/mol. The van der Waals surface area contributed by atoms with Gasteiger partial charge in [-0.15, -0.1) is 0 Å². The van der Waals surface area contributed by atoms with Crippen LogP contribution in [-0.4, -0.2) is 0 Å². The fourth-order valence-corrected chi connectivity index (χ4v) is 2.80. The van der Waals surface area contributed by atoms with Crippen molar-refractivity contribution < 1.29 is 0 Å². The van der Waals surface area contributed by atoms with Crippen LogP contribution >= 0.6 is 0 Å². The van der Waals surface area contributed by atoms with Gasteiger partial charge in [-0.25, -0.2) is 0 Å². The van der Waals surface area contributed by atoms with Crippen LogP contribution < -0.4 is 0 Å². The summed E-state index contributed by atoms with van der Waals surface area (Å²) in [5.41, 5.74) is 3.61. The van der Waals surface area contributed by atoms with Gasteiger partial charge >= 0.3 is 0 Å². The van der Waals surface area contributed by atoms with Gasteiger partial charge in [0.2, 0.25) is 0 Å². The molecule has 92 valence electrons. The summed E-state index contributed by atoms with van der Waals surface area (Å²) in [7, 11) is 0. The summed E-state index contributed by atoms with van der Waals surface area (Å²) in [4.78, 5) is 0. The van der Waals surface area contributed by atoms with Gasteiger partial charge in [-0.3, -0.25) is 0 Å². The monoisotopic (exact) mass is 244 g/mol. The first kappa shape index (κ1) is 11.7. The Morgan fingerprint density at radius 2 is 1.32 bits per heavy atom. The molecule has 0 aromatic heterocycles. The summed E-state index contributed by atoms with van der Waals surface area (Å²) in [5.74, 6) is 0. The van der Waals surface area contributed by atoms with Gasteiger partial charge in [0.25, 0.3) is 0 Å². The normalized spacial score (nSPS) is 10.8. The first-order chi connectivity index (χ1) is 9.26. The topological polar surface area (TPSA) is 0 Å². The maximum absolute atomic E-state index is 3.98. The smallest absolute Gasteiger partial charge is 0.00965 e. The lowest BCUT2D eigenvalue weighted by molar-refractivity contribution is 1.51. The Kier molecular flexibility index (Phi) is 2.72. The molecular formula is C19H16. The second-order valence-corrected chi connectivity index (χ2v) is 4.83. The zero-order valence-electron chi connectivity index (χ0n) is 11.1. The quantitative estimate of drug-likeness (QED) is 0.516. The number of fused-ring (bicyclic) bond motifs is 3. The van der Waals surface area contributed by atoms with Crippen LogP contribution in [0.25, 0.3) is 33.7 Å². The van der Waals surface area contributed by atoms with E-state index < -0.39 is 0 Å². The molecule has 0 radical (unpaired) electrons. The van der Waals surface area contributed by atoms with Crippen molar-refractivity contribution in [3.63, 3.8) is 0 Å². The van der Waals surface area contributed by atoms with Crippen molar-refractivity contribution in [2.75, 3.05) is 0 Å². The van der Waals surface area contributed by atoms with Crippen molar-refractivity contribution in [3.8, 4) is 0 Å². The molecule has 0 aliphatic heterocycles. The standard InChI is InChI=1S/C19H16/c1-4-14-15(5-2)19-12-13(3)10-11-18(19)17-9-7-6-8-16(14)17/h4-12H,1-2H2,3H3. The third-order valence-corrected chi connectivity index (χ3v) is 3.67. The molecule has 3 aromatic rings. The van der Waals surface area contributed by atoms with Crippen LogP contribution in [-0.2, 0) is 0 Å². The molecule has 3 aromatic carbocycles. The van der Waals surface area contributed by atoms with E-state index in [0.717, 1.165) is 0 Å². The average Bonchev–Trinajstić information content (AvgIpc) is 2.45. The van der Waals surface area contributed by atoms with E-state index >= 15 is 0 Å². The Morgan fingerprint density at radius 1 is 0.737 bits per heavy atom. The van der Waals surface area contributed by atoms with E-state index in [1.54, 1.807) is 0 Å². The number of benzene rings is 3. The Bertz CT molecular complexity index is 807. The molecule has 0 saturated carbocycles. The first-order valence-corrected chi connectivity index (χ1v) is 6.46. The molecule has 0 bridgehead atoms. The second-order valence-electron chi connectivity index (χ2n) is 4.83. The number of aryl methyl sites for hydroxylation is 1. The molecule has 0 heteroatoms. The summed E-state index contributed by atoms with van der Waals surface area (Å²) in [6, 6.07) is 15.1. The third kappa shape index (κ3) is 1.68. The van der Waals surface area contributed by atoms with Gasteiger partial charge in [0.05, 0.1) is 0 Å². The molecule has 0 amide bonds. The largest absolute Gasteiger partial charge is 0.0984 e. The highest BCUT2D eigenvalue weighted by Gasteiger charge is 2.09. The third-order valence-electron chi connectivity index (χ3n) is 3.67. The summed E-state index contributed by atoms with van der Waals surface area (Å²) in [5, 5.41) is 5.05. The molecule has 0 unspecified atom stereocenters. The maximum atomic E-state index is 3.98. The van der Waals surface area contributed by atoms with Crippen LogP contribution in [0, 0.1) is 6.92 Å². The van der Waals surface area contributed by atoms with E-state index in [9.17, 15) is 0 Å². The van der Waals surface area contributed by atoms with Crippen LogP contribution in [0.5, 0.6) is 0 Å². The predicted molar refractivity (Wildman–Crippen MR) is 86.4 cm³/mol. The van der Waals surface area contributed by atoms with Crippen LogP contribution in [0.15, 0.2) is 55.6 Å². The Hall–Kier alpha value is -2.34. The van der Waals surface area contributed by atoms with Crippen LogP contribution in [0.1, 0.15) is 16.7 Å². The van der Waals surface area contributed by atoms with E-state index in [0.29, 0.717) is 0 Å². The van der Waals surface area contributed by atoms with E-state index in [-0.39, 0.29) is 0 Å². The van der Waals surface area contributed by atoms with Crippen molar-refractivity contribution in [2.45, 2.75) is 6.92 Å². The minimum atomic E-state index is 1.17. The van der Waals surface area contributed by atoms with Gasteiger partial charge in [-0.05, 0) is 39.6 Å².